The van der Waals surface area contributed by atoms with Gasteiger partial charge >= 0.3 is 0 Å². The quantitative estimate of drug-likeness (QED) is 0.581. The highest BCUT2D eigenvalue weighted by Crippen LogP contribution is 2.15. The van der Waals surface area contributed by atoms with Gasteiger partial charge in [-0.3, -0.25) is 4.79 Å². The molecule has 1 unspecified atom stereocenters. The van der Waals surface area contributed by atoms with Crippen molar-refractivity contribution in [2.75, 3.05) is 19.6 Å². The van der Waals surface area contributed by atoms with Crippen LogP contribution in [0.4, 0.5) is 0 Å². The number of hydrogen-bond donors (Lipinski definition) is 1. The van der Waals surface area contributed by atoms with E-state index in [0.29, 0.717) is 25.4 Å². The minimum Gasteiger partial charge on any atom is -0.339 e. The van der Waals surface area contributed by atoms with E-state index in [1.165, 1.54) is 0 Å². The summed E-state index contributed by atoms with van der Waals surface area (Å²) in [5, 5.41) is 0. The third-order valence-electron chi connectivity index (χ3n) is 1.98. The first-order valence-corrected chi connectivity index (χ1v) is 3.86. The molecule has 1 rings (SSSR count). The lowest BCUT2D eigenvalue weighted by Crippen LogP contribution is -2.26. The predicted molar refractivity (Wildman–Crippen MR) is 43.9 cm³/mol. The Labute approximate surface area is 66.9 Å². The highest BCUT2D eigenvalue weighted by molar-refractivity contribution is 5.78. The molecule has 0 radical (unpaired) electrons. The molecule has 62 valence electrons. The van der Waals surface area contributed by atoms with Crippen LogP contribution in [0, 0.1) is 5.92 Å². The van der Waals surface area contributed by atoms with Crippen LogP contribution in [0.2, 0.25) is 0 Å². The van der Waals surface area contributed by atoms with E-state index in [1.54, 1.807) is 11.0 Å². The third-order valence-corrected chi connectivity index (χ3v) is 1.98. The van der Waals surface area contributed by atoms with Gasteiger partial charge in [-0.05, 0) is 12.5 Å². The summed E-state index contributed by atoms with van der Waals surface area (Å²) >= 11 is 0. The Bertz CT molecular complexity index is 167. The predicted octanol–water partition coefficient (Wildman–Crippen LogP) is -0.0204. The van der Waals surface area contributed by atoms with Crippen LogP contribution in [0.15, 0.2) is 12.7 Å². The molecular formula is C8H14N2O. The second-order valence-electron chi connectivity index (χ2n) is 2.89. The Morgan fingerprint density at radius 1 is 1.82 bits per heavy atom. The van der Waals surface area contributed by atoms with Crippen molar-refractivity contribution in [1.82, 2.24) is 4.90 Å². The fourth-order valence-electron chi connectivity index (χ4n) is 1.34. The number of likely N-dealkylation sites (tertiary alicyclic amines) is 1. The van der Waals surface area contributed by atoms with Crippen LogP contribution in [0.3, 0.4) is 0 Å². The van der Waals surface area contributed by atoms with Crippen LogP contribution in [-0.2, 0) is 4.79 Å². The molecule has 3 heteroatoms. The maximum Gasteiger partial charge on any atom is 0.223 e. The number of nitrogens with zero attached hydrogens (tertiary/aromatic N) is 1. The third kappa shape index (κ3) is 1.80. The molecule has 1 atom stereocenters. The van der Waals surface area contributed by atoms with Crippen LogP contribution < -0.4 is 5.73 Å². The van der Waals surface area contributed by atoms with Crippen molar-refractivity contribution >= 4 is 5.91 Å². The molecule has 3 nitrogen and oxygen atoms in total. The normalized spacial score (nSPS) is 24.3. The summed E-state index contributed by atoms with van der Waals surface area (Å²) in [7, 11) is 0. The van der Waals surface area contributed by atoms with Gasteiger partial charge in [-0.15, -0.1) is 6.58 Å². The summed E-state index contributed by atoms with van der Waals surface area (Å²) in [6.45, 7) is 5.66. The van der Waals surface area contributed by atoms with E-state index in [0.717, 1.165) is 6.54 Å². The molecule has 0 aromatic heterocycles. The summed E-state index contributed by atoms with van der Waals surface area (Å²) < 4.78 is 0. The molecule has 1 fully saturated rings. The molecule has 1 heterocycles. The maximum absolute atomic E-state index is 11.2. The van der Waals surface area contributed by atoms with Gasteiger partial charge in [0.05, 0.1) is 0 Å². The maximum atomic E-state index is 11.2. The number of nitrogens with two attached hydrogens (primary N) is 1. The van der Waals surface area contributed by atoms with Crippen LogP contribution in [0.25, 0.3) is 0 Å². The molecule has 0 aliphatic carbocycles. The van der Waals surface area contributed by atoms with Gasteiger partial charge in [-0.1, -0.05) is 6.08 Å². The van der Waals surface area contributed by atoms with Crippen LogP contribution >= 0.6 is 0 Å². The van der Waals surface area contributed by atoms with E-state index in [-0.39, 0.29) is 5.91 Å². The van der Waals surface area contributed by atoms with Gasteiger partial charge in [0.2, 0.25) is 5.91 Å². The molecular weight excluding hydrogens is 140 g/mol. The molecule has 0 spiro atoms. The second kappa shape index (κ2) is 3.53. The molecule has 1 amide bonds. The molecule has 2 N–H and O–H groups in total. The van der Waals surface area contributed by atoms with Gasteiger partial charge < -0.3 is 10.6 Å². The zero-order chi connectivity index (χ0) is 8.27. The average molecular weight is 154 g/mol. The molecule has 1 saturated heterocycles. The van der Waals surface area contributed by atoms with Gasteiger partial charge in [0, 0.05) is 19.5 Å². The highest BCUT2D eigenvalue weighted by Gasteiger charge is 2.27. The first-order valence-electron chi connectivity index (χ1n) is 3.86. The van der Waals surface area contributed by atoms with Gasteiger partial charge in [0.15, 0.2) is 0 Å². The standard InChI is InChI=1S/C8H14N2O/c1-2-3-10-6-7(5-9)4-8(10)11/h2,7H,1,3-6,9H2. The zero-order valence-electron chi connectivity index (χ0n) is 6.62. The first kappa shape index (κ1) is 8.27. The summed E-state index contributed by atoms with van der Waals surface area (Å²) in [4.78, 5) is 13.0. The monoisotopic (exact) mass is 154 g/mol. The van der Waals surface area contributed by atoms with Crippen LogP contribution in [-0.4, -0.2) is 30.4 Å². The summed E-state index contributed by atoms with van der Waals surface area (Å²) in [6, 6.07) is 0. The number of carbonyl (C=O) groups is 1. The van der Waals surface area contributed by atoms with Crippen molar-refractivity contribution in [3.05, 3.63) is 12.7 Å². The lowest BCUT2D eigenvalue weighted by Gasteiger charge is -2.12. The van der Waals surface area contributed by atoms with Crippen molar-refractivity contribution in [1.29, 1.82) is 0 Å². The Kier molecular flexibility index (Phi) is 2.65. The van der Waals surface area contributed by atoms with Gasteiger partial charge in [0.25, 0.3) is 0 Å². The molecule has 0 bridgehead atoms. The Balaban J connectivity index is 2.44. The van der Waals surface area contributed by atoms with E-state index in [9.17, 15) is 4.79 Å². The first-order chi connectivity index (χ1) is 5.27. The van der Waals surface area contributed by atoms with Crippen molar-refractivity contribution in [3.8, 4) is 0 Å². The fraction of sp³-hybridized carbons (Fsp3) is 0.625. The number of carbonyl (C=O) groups excluding carboxylic acids is 1. The van der Waals surface area contributed by atoms with E-state index in [2.05, 4.69) is 6.58 Å². The Hall–Kier alpha value is -0.830. The van der Waals surface area contributed by atoms with Gasteiger partial charge in [-0.2, -0.15) is 0 Å². The van der Waals surface area contributed by atoms with Crippen molar-refractivity contribution < 1.29 is 4.79 Å². The van der Waals surface area contributed by atoms with Gasteiger partial charge in [-0.25, -0.2) is 0 Å². The van der Waals surface area contributed by atoms with Crippen molar-refractivity contribution in [2.45, 2.75) is 6.42 Å². The largest absolute Gasteiger partial charge is 0.339 e. The number of rotatable bonds is 3. The molecule has 0 aromatic rings. The lowest BCUT2D eigenvalue weighted by atomic mass is 10.1. The SMILES string of the molecule is C=CCN1CC(CN)CC1=O. The van der Waals surface area contributed by atoms with Crippen LogP contribution in [0.1, 0.15) is 6.42 Å². The zero-order valence-corrected chi connectivity index (χ0v) is 6.62. The highest BCUT2D eigenvalue weighted by atomic mass is 16.2. The second-order valence-corrected chi connectivity index (χ2v) is 2.89. The minimum absolute atomic E-state index is 0.209. The molecule has 0 aromatic carbocycles. The fourth-order valence-corrected chi connectivity index (χ4v) is 1.34. The summed E-state index contributed by atoms with van der Waals surface area (Å²) in [5.74, 6) is 0.572. The van der Waals surface area contributed by atoms with E-state index in [1.807, 2.05) is 0 Å². The van der Waals surface area contributed by atoms with Crippen molar-refractivity contribution in [3.63, 3.8) is 0 Å². The van der Waals surface area contributed by atoms with E-state index < -0.39 is 0 Å². The minimum atomic E-state index is 0.209. The molecule has 11 heavy (non-hydrogen) atoms. The molecule has 1 aliphatic rings. The Morgan fingerprint density at radius 3 is 3.00 bits per heavy atom. The van der Waals surface area contributed by atoms with Crippen molar-refractivity contribution in [2.24, 2.45) is 11.7 Å². The van der Waals surface area contributed by atoms with E-state index >= 15 is 0 Å². The smallest absolute Gasteiger partial charge is 0.223 e. The lowest BCUT2D eigenvalue weighted by molar-refractivity contribution is -0.127. The summed E-state index contributed by atoms with van der Waals surface area (Å²) in [6.07, 6.45) is 2.36. The number of amides is 1. The van der Waals surface area contributed by atoms with E-state index in [4.69, 9.17) is 5.73 Å². The number of hydrogen-bond acceptors (Lipinski definition) is 2. The van der Waals surface area contributed by atoms with Gasteiger partial charge in [0.1, 0.15) is 0 Å². The topological polar surface area (TPSA) is 46.3 Å². The summed E-state index contributed by atoms with van der Waals surface area (Å²) in [5.41, 5.74) is 5.45. The molecule has 1 aliphatic heterocycles. The molecule has 0 saturated carbocycles. The van der Waals surface area contributed by atoms with Crippen LogP contribution in [0.5, 0.6) is 0 Å². The average Bonchev–Trinajstić information content (AvgIpc) is 2.33. The Morgan fingerprint density at radius 2 is 2.55 bits per heavy atom.